The minimum absolute atomic E-state index is 0.723. The van der Waals surface area contributed by atoms with E-state index in [1.807, 2.05) is 0 Å². The van der Waals surface area contributed by atoms with Gasteiger partial charge in [0.15, 0.2) is 0 Å². The minimum Gasteiger partial charge on any atom is -0.314 e. The van der Waals surface area contributed by atoms with Crippen molar-refractivity contribution in [2.45, 2.75) is 83.8 Å². The maximum atomic E-state index is 3.74. The molecule has 18 heavy (non-hydrogen) atoms. The van der Waals surface area contributed by atoms with Crippen LogP contribution in [0.25, 0.3) is 0 Å². The Balaban J connectivity index is 1.83. The van der Waals surface area contributed by atoms with Gasteiger partial charge in [0.2, 0.25) is 0 Å². The first-order chi connectivity index (χ1) is 8.70. The number of hydrogen-bond donors (Lipinski definition) is 1. The second-order valence-corrected chi connectivity index (χ2v) is 6.71. The van der Waals surface area contributed by atoms with Gasteiger partial charge in [-0.15, -0.1) is 0 Å². The van der Waals surface area contributed by atoms with Gasteiger partial charge in [-0.2, -0.15) is 0 Å². The molecule has 0 aromatic rings. The van der Waals surface area contributed by atoms with Gasteiger partial charge in [-0.1, -0.05) is 13.3 Å². The predicted octanol–water partition coefficient (Wildman–Crippen LogP) is 3.42. The molecule has 0 aliphatic heterocycles. The molecule has 2 aliphatic carbocycles. The maximum Gasteiger partial charge on any atom is 0.0113 e. The second-order valence-electron chi connectivity index (χ2n) is 6.71. The first-order valence-corrected chi connectivity index (χ1v) is 8.19. The third-order valence-electron chi connectivity index (χ3n) is 4.63. The van der Waals surface area contributed by atoms with Crippen LogP contribution in [0.5, 0.6) is 0 Å². The average molecular weight is 252 g/mol. The predicted molar refractivity (Wildman–Crippen MR) is 78.9 cm³/mol. The van der Waals surface area contributed by atoms with E-state index in [1.165, 1.54) is 58.0 Å². The van der Waals surface area contributed by atoms with Crippen molar-refractivity contribution in [3.8, 4) is 0 Å². The van der Waals surface area contributed by atoms with Crippen molar-refractivity contribution in [2.24, 2.45) is 5.92 Å². The molecule has 0 bridgehead atoms. The Labute approximate surface area is 114 Å². The summed E-state index contributed by atoms with van der Waals surface area (Å²) in [5.74, 6) is 1.02. The van der Waals surface area contributed by atoms with E-state index in [1.54, 1.807) is 0 Å². The summed E-state index contributed by atoms with van der Waals surface area (Å²) in [6, 6.07) is 2.35. The van der Waals surface area contributed by atoms with E-state index in [2.05, 4.69) is 31.0 Å². The summed E-state index contributed by atoms with van der Waals surface area (Å²) in [6.45, 7) is 9.59. The van der Waals surface area contributed by atoms with Crippen LogP contribution < -0.4 is 5.32 Å². The van der Waals surface area contributed by atoms with E-state index in [-0.39, 0.29) is 0 Å². The summed E-state index contributed by atoms with van der Waals surface area (Å²) < 4.78 is 0. The molecular formula is C16H32N2. The van der Waals surface area contributed by atoms with Crippen LogP contribution in [0.4, 0.5) is 0 Å². The molecule has 2 fully saturated rings. The van der Waals surface area contributed by atoms with Crippen molar-refractivity contribution in [3.63, 3.8) is 0 Å². The summed E-state index contributed by atoms with van der Waals surface area (Å²) in [7, 11) is 0. The summed E-state index contributed by atoms with van der Waals surface area (Å²) >= 11 is 0. The fourth-order valence-corrected chi connectivity index (χ4v) is 3.38. The van der Waals surface area contributed by atoms with Gasteiger partial charge < -0.3 is 5.32 Å². The molecule has 2 nitrogen and oxygen atoms in total. The van der Waals surface area contributed by atoms with Gasteiger partial charge in [0.05, 0.1) is 0 Å². The zero-order chi connectivity index (χ0) is 13.0. The molecule has 106 valence electrons. The Morgan fingerprint density at radius 1 is 1.17 bits per heavy atom. The molecule has 0 spiro atoms. The number of hydrogen-bond acceptors (Lipinski definition) is 2. The van der Waals surface area contributed by atoms with Gasteiger partial charge >= 0.3 is 0 Å². The van der Waals surface area contributed by atoms with Gasteiger partial charge in [0, 0.05) is 24.7 Å². The first-order valence-electron chi connectivity index (χ1n) is 8.19. The standard InChI is InChI=1S/C16H32N2/c1-4-10-17-15-6-5-7-16(11-15)18(13(2)3)12-14-8-9-14/h13-17H,4-12H2,1-3H3. The smallest absolute Gasteiger partial charge is 0.0113 e. The molecule has 0 heterocycles. The van der Waals surface area contributed by atoms with Crippen molar-refractivity contribution in [3.05, 3.63) is 0 Å². The first kappa shape index (κ1) is 14.3. The lowest BCUT2D eigenvalue weighted by atomic mass is 9.89. The lowest BCUT2D eigenvalue weighted by Crippen LogP contribution is -2.48. The van der Waals surface area contributed by atoms with Crippen LogP contribution in [-0.2, 0) is 0 Å². The van der Waals surface area contributed by atoms with Crippen LogP contribution in [0, 0.1) is 5.92 Å². The van der Waals surface area contributed by atoms with Crippen LogP contribution in [0.2, 0.25) is 0 Å². The van der Waals surface area contributed by atoms with E-state index in [0.717, 1.165) is 24.0 Å². The third kappa shape index (κ3) is 4.24. The Morgan fingerprint density at radius 3 is 2.56 bits per heavy atom. The normalized spacial score (nSPS) is 29.2. The number of nitrogens with one attached hydrogen (secondary N) is 1. The van der Waals surface area contributed by atoms with Gasteiger partial charge in [-0.25, -0.2) is 0 Å². The monoisotopic (exact) mass is 252 g/mol. The molecule has 2 aliphatic rings. The molecule has 0 saturated heterocycles. The fraction of sp³-hybridized carbons (Fsp3) is 1.00. The van der Waals surface area contributed by atoms with E-state index in [9.17, 15) is 0 Å². The van der Waals surface area contributed by atoms with Crippen LogP contribution >= 0.6 is 0 Å². The maximum absolute atomic E-state index is 3.74. The van der Waals surface area contributed by atoms with Crippen molar-refractivity contribution in [1.82, 2.24) is 10.2 Å². The summed E-state index contributed by atoms with van der Waals surface area (Å²) in [6.07, 6.45) is 9.84. The molecule has 0 aromatic heterocycles. The van der Waals surface area contributed by atoms with Crippen molar-refractivity contribution >= 4 is 0 Å². The van der Waals surface area contributed by atoms with Crippen LogP contribution in [0.3, 0.4) is 0 Å². The van der Waals surface area contributed by atoms with Crippen molar-refractivity contribution in [1.29, 1.82) is 0 Å². The molecule has 0 aromatic carbocycles. The van der Waals surface area contributed by atoms with E-state index < -0.39 is 0 Å². The Hall–Kier alpha value is -0.0800. The van der Waals surface area contributed by atoms with Crippen LogP contribution in [0.15, 0.2) is 0 Å². The van der Waals surface area contributed by atoms with Gasteiger partial charge in [0.1, 0.15) is 0 Å². The lowest BCUT2D eigenvalue weighted by molar-refractivity contribution is 0.102. The molecule has 2 heteroatoms. The zero-order valence-electron chi connectivity index (χ0n) is 12.6. The minimum atomic E-state index is 0.723. The molecule has 1 N–H and O–H groups in total. The summed E-state index contributed by atoms with van der Waals surface area (Å²) in [4.78, 5) is 2.80. The highest BCUT2D eigenvalue weighted by atomic mass is 15.2. The number of rotatable bonds is 7. The highest BCUT2D eigenvalue weighted by Gasteiger charge is 2.32. The molecule has 2 rings (SSSR count). The van der Waals surface area contributed by atoms with Crippen molar-refractivity contribution in [2.75, 3.05) is 13.1 Å². The molecular weight excluding hydrogens is 220 g/mol. The second kappa shape index (κ2) is 6.91. The summed E-state index contributed by atoms with van der Waals surface area (Å²) in [5.41, 5.74) is 0. The Kier molecular flexibility index (Phi) is 5.50. The fourth-order valence-electron chi connectivity index (χ4n) is 3.38. The quantitative estimate of drug-likeness (QED) is 0.747. The van der Waals surface area contributed by atoms with Gasteiger partial charge in [-0.05, 0) is 64.8 Å². The van der Waals surface area contributed by atoms with Crippen molar-refractivity contribution < 1.29 is 0 Å². The average Bonchev–Trinajstić information content (AvgIpc) is 3.17. The SMILES string of the molecule is CCCNC1CCCC(N(CC2CC2)C(C)C)C1. The molecule has 2 saturated carbocycles. The molecule has 2 atom stereocenters. The Bertz CT molecular complexity index is 235. The largest absolute Gasteiger partial charge is 0.314 e. The summed E-state index contributed by atoms with van der Waals surface area (Å²) in [5, 5.41) is 3.74. The van der Waals surface area contributed by atoms with E-state index in [0.29, 0.717) is 0 Å². The zero-order valence-corrected chi connectivity index (χ0v) is 12.6. The highest BCUT2D eigenvalue weighted by Crippen LogP contribution is 2.33. The van der Waals surface area contributed by atoms with Gasteiger partial charge in [-0.3, -0.25) is 4.90 Å². The van der Waals surface area contributed by atoms with Crippen LogP contribution in [0.1, 0.15) is 65.7 Å². The lowest BCUT2D eigenvalue weighted by Gasteiger charge is -2.40. The topological polar surface area (TPSA) is 15.3 Å². The van der Waals surface area contributed by atoms with E-state index in [4.69, 9.17) is 0 Å². The molecule has 0 amide bonds. The number of nitrogens with zero attached hydrogens (tertiary/aromatic N) is 1. The molecule has 0 radical (unpaired) electrons. The van der Waals surface area contributed by atoms with E-state index >= 15 is 0 Å². The van der Waals surface area contributed by atoms with Crippen LogP contribution in [-0.4, -0.2) is 36.1 Å². The Morgan fingerprint density at radius 2 is 1.94 bits per heavy atom. The third-order valence-corrected chi connectivity index (χ3v) is 4.63. The molecule has 2 unspecified atom stereocenters. The highest BCUT2D eigenvalue weighted by molar-refractivity contribution is 4.88. The van der Waals surface area contributed by atoms with Gasteiger partial charge in [0.25, 0.3) is 0 Å².